The fourth-order valence-electron chi connectivity index (χ4n) is 2.05. The van der Waals surface area contributed by atoms with Crippen molar-refractivity contribution in [3.63, 3.8) is 0 Å². The van der Waals surface area contributed by atoms with E-state index in [0.29, 0.717) is 25.9 Å². The molecule has 0 spiro atoms. The predicted molar refractivity (Wildman–Crippen MR) is 64.3 cm³/mol. The van der Waals surface area contributed by atoms with Crippen LogP contribution in [-0.4, -0.2) is 35.3 Å². The summed E-state index contributed by atoms with van der Waals surface area (Å²) >= 11 is 0. The standard InChI is InChI=1S/C13H12F2N2O3/c14-10-6-12(11(15)5-8(10)7-16)20-9-1-3-17(4-2-9)13(18)19/h5-6,9H,1-4H2,(H,18,19). The van der Waals surface area contributed by atoms with Crippen molar-refractivity contribution in [1.29, 1.82) is 5.26 Å². The van der Waals surface area contributed by atoms with E-state index in [1.165, 1.54) is 4.90 Å². The van der Waals surface area contributed by atoms with Crippen LogP contribution < -0.4 is 4.74 Å². The Bertz CT molecular complexity index is 563. The average Bonchev–Trinajstić information content (AvgIpc) is 2.43. The Morgan fingerprint density at radius 3 is 2.55 bits per heavy atom. The highest BCUT2D eigenvalue weighted by Crippen LogP contribution is 2.25. The van der Waals surface area contributed by atoms with Crippen LogP contribution in [-0.2, 0) is 0 Å². The third-order valence-electron chi connectivity index (χ3n) is 3.15. The first-order chi connectivity index (χ1) is 9.51. The first kappa shape index (κ1) is 14.1. The van der Waals surface area contributed by atoms with Crippen LogP contribution in [0, 0.1) is 23.0 Å². The first-order valence-corrected chi connectivity index (χ1v) is 6.05. The molecule has 1 saturated heterocycles. The summed E-state index contributed by atoms with van der Waals surface area (Å²) in [7, 11) is 0. The monoisotopic (exact) mass is 282 g/mol. The van der Waals surface area contributed by atoms with Gasteiger partial charge in [0.2, 0.25) is 0 Å². The van der Waals surface area contributed by atoms with Gasteiger partial charge in [-0.05, 0) is 6.07 Å². The Labute approximate surface area is 114 Å². The summed E-state index contributed by atoms with van der Waals surface area (Å²) in [5.41, 5.74) is -0.379. The van der Waals surface area contributed by atoms with Gasteiger partial charge in [-0.2, -0.15) is 5.26 Å². The zero-order valence-corrected chi connectivity index (χ0v) is 10.5. The summed E-state index contributed by atoms with van der Waals surface area (Å²) in [6, 6.07) is 3.18. The normalized spacial score (nSPS) is 15.8. The Morgan fingerprint density at radius 2 is 2.00 bits per heavy atom. The van der Waals surface area contributed by atoms with Crippen LogP contribution in [0.5, 0.6) is 5.75 Å². The maximum absolute atomic E-state index is 13.6. The molecule has 0 bridgehead atoms. The molecule has 1 N–H and O–H groups in total. The van der Waals surface area contributed by atoms with Gasteiger partial charge < -0.3 is 14.7 Å². The number of carboxylic acid groups (broad SMARTS) is 1. The highest BCUT2D eigenvalue weighted by Gasteiger charge is 2.24. The number of nitriles is 1. The van der Waals surface area contributed by atoms with E-state index in [2.05, 4.69) is 0 Å². The van der Waals surface area contributed by atoms with Crippen molar-refractivity contribution in [1.82, 2.24) is 4.90 Å². The number of hydrogen-bond acceptors (Lipinski definition) is 3. The van der Waals surface area contributed by atoms with Crippen LogP contribution in [0.4, 0.5) is 13.6 Å². The lowest BCUT2D eigenvalue weighted by atomic mass is 10.1. The van der Waals surface area contributed by atoms with E-state index in [9.17, 15) is 13.6 Å². The van der Waals surface area contributed by atoms with Gasteiger partial charge >= 0.3 is 6.09 Å². The van der Waals surface area contributed by atoms with Gasteiger partial charge in [0.1, 0.15) is 18.0 Å². The summed E-state index contributed by atoms with van der Waals surface area (Å²) in [6.07, 6.45) is -0.549. The van der Waals surface area contributed by atoms with E-state index < -0.39 is 17.7 Å². The van der Waals surface area contributed by atoms with Gasteiger partial charge in [0.15, 0.2) is 11.6 Å². The van der Waals surface area contributed by atoms with Gasteiger partial charge in [-0.3, -0.25) is 0 Å². The quantitative estimate of drug-likeness (QED) is 0.903. The molecule has 1 aromatic rings. The minimum atomic E-state index is -1.00. The van der Waals surface area contributed by atoms with Crippen LogP contribution in [0.3, 0.4) is 0 Å². The van der Waals surface area contributed by atoms with Crippen molar-refractivity contribution >= 4 is 6.09 Å². The van der Waals surface area contributed by atoms with Crippen molar-refractivity contribution in [3.8, 4) is 11.8 Å². The van der Waals surface area contributed by atoms with Gasteiger partial charge in [-0.15, -0.1) is 0 Å². The molecule has 0 aliphatic carbocycles. The summed E-state index contributed by atoms with van der Waals surface area (Å²) in [6.45, 7) is 0.584. The smallest absolute Gasteiger partial charge is 0.407 e. The maximum Gasteiger partial charge on any atom is 0.407 e. The molecular weight excluding hydrogens is 270 g/mol. The molecule has 7 heteroatoms. The molecule has 1 fully saturated rings. The molecule has 1 heterocycles. The molecule has 1 aliphatic rings. The number of likely N-dealkylation sites (tertiary alicyclic amines) is 1. The van der Waals surface area contributed by atoms with Gasteiger partial charge in [-0.25, -0.2) is 13.6 Å². The SMILES string of the molecule is N#Cc1cc(F)c(OC2CCN(C(=O)O)CC2)cc1F. The van der Waals surface area contributed by atoms with Crippen LogP contribution >= 0.6 is 0 Å². The lowest BCUT2D eigenvalue weighted by Crippen LogP contribution is -2.41. The van der Waals surface area contributed by atoms with E-state index in [1.54, 1.807) is 6.07 Å². The van der Waals surface area contributed by atoms with E-state index in [1.807, 2.05) is 0 Å². The van der Waals surface area contributed by atoms with Gasteiger partial charge in [-0.1, -0.05) is 0 Å². The van der Waals surface area contributed by atoms with Gasteiger partial charge in [0, 0.05) is 32.0 Å². The topological polar surface area (TPSA) is 73.6 Å². The molecule has 20 heavy (non-hydrogen) atoms. The number of hydrogen-bond donors (Lipinski definition) is 1. The lowest BCUT2D eigenvalue weighted by molar-refractivity contribution is 0.0870. The molecule has 1 aromatic carbocycles. The minimum absolute atomic E-state index is 0.254. The van der Waals surface area contributed by atoms with Crippen molar-refractivity contribution < 1.29 is 23.4 Å². The van der Waals surface area contributed by atoms with E-state index in [-0.39, 0.29) is 17.4 Å². The number of benzene rings is 1. The fraction of sp³-hybridized carbons (Fsp3) is 0.385. The highest BCUT2D eigenvalue weighted by atomic mass is 19.1. The predicted octanol–water partition coefficient (Wildman–Crippen LogP) is 2.36. The number of halogens is 2. The summed E-state index contributed by atoms with van der Waals surface area (Å²) in [5.74, 6) is -1.90. The molecule has 0 saturated carbocycles. The molecule has 0 aromatic heterocycles. The van der Waals surface area contributed by atoms with Gasteiger partial charge in [0.05, 0.1) is 5.56 Å². The molecule has 0 radical (unpaired) electrons. The summed E-state index contributed by atoms with van der Waals surface area (Å²) in [5, 5.41) is 17.4. The highest BCUT2D eigenvalue weighted by molar-refractivity contribution is 5.65. The van der Waals surface area contributed by atoms with Crippen molar-refractivity contribution in [2.75, 3.05) is 13.1 Å². The zero-order valence-electron chi connectivity index (χ0n) is 10.5. The second-order valence-corrected chi connectivity index (χ2v) is 4.46. The van der Waals surface area contributed by atoms with Crippen molar-refractivity contribution in [3.05, 3.63) is 29.3 Å². The average molecular weight is 282 g/mol. The van der Waals surface area contributed by atoms with Crippen LogP contribution in [0.1, 0.15) is 18.4 Å². The van der Waals surface area contributed by atoms with E-state index >= 15 is 0 Å². The maximum atomic E-state index is 13.6. The van der Waals surface area contributed by atoms with E-state index in [4.69, 9.17) is 15.1 Å². The number of nitrogens with zero attached hydrogens (tertiary/aromatic N) is 2. The molecule has 0 atom stereocenters. The molecular formula is C13H12F2N2O3. The van der Waals surface area contributed by atoms with E-state index in [0.717, 1.165) is 12.1 Å². The second-order valence-electron chi connectivity index (χ2n) is 4.46. The zero-order chi connectivity index (χ0) is 14.7. The number of carbonyl (C=O) groups is 1. The summed E-state index contributed by atoms with van der Waals surface area (Å²) < 4.78 is 32.4. The lowest BCUT2D eigenvalue weighted by Gasteiger charge is -2.30. The number of ether oxygens (including phenoxy) is 1. The number of rotatable bonds is 2. The molecule has 1 aliphatic heterocycles. The van der Waals surface area contributed by atoms with Gasteiger partial charge in [0.25, 0.3) is 0 Å². The summed E-state index contributed by atoms with van der Waals surface area (Å²) in [4.78, 5) is 12.0. The third-order valence-corrected chi connectivity index (χ3v) is 3.15. The van der Waals surface area contributed by atoms with Crippen LogP contribution in [0.15, 0.2) is 12.1 Å². The van der Waals surface area contributed by atoms with Crippen LogP contribution in [0.2, 0.25) is 0 Å². The molecule has 106 valence electrons. The first-order valence-electron chi connectivity index (χ1n) is 6.05. The Balaban J connectivity index is 2.03. The largest absolute Gasteiger partial charge is 0.487 e. The molecule has 5 nitrogen and oxygen atoms in total. The van der Waals surface area contributed by atoms with Crippen LogP contribution in [0.25, 0.3) is 0 Å². The van der Waals surface area contributed by atoms with Crippen molar-refractivity contribution in [2.24, 2.45) is 0 Å². The Morgan fingerprint density at radius 1 is 1.35 bits per heavy atom. The Hall–Kier alpha value is -2.36. The number of piperidine rings is 1. The molecule has 0 unspecified atom stereocenters. The minimum Gasteiger partial charge on any atom is -0.487 e. The fourth-order valence-corrected chi connectivity index (χ4v) is 2.05. The third kappa shape index (κ3) is 2.96. The second kappa shape index (κ2) is 5.74. The van der Waals surface area contributed by atoms with Crippen molar-refractivity contribution in [2.45, 2.75) is 18.9 Å². The molecule has 1 amide bonds. The number of amides is 1. The molecule has 2 rings (SSSR count). The Kier molecular flexibility index (Phi) is 4.03.